The smallest absolute Gasteiger partial charge is 0.259 e. The number of rotatable bonds is 7. The second-order valence-electron chi connectivity index (χ2n) is 9.40. The lowest BCUT2D eigenvalue weighted by Crippen LogP contribution is -2.46. The number of aryl methyl sites for hydroxylation is 1. The second-order valence-corrected chi connectivity index (χ2v) is 9.40. The van der Waals surface area contributed by atoms with Crippen molar-refractivity contribution < 1.29 is 0 Å². The van der Waals surface area contributed by atoms with Crippen LogP contribution in [0.1, 0.15) is 18.1 Å². The number of H-pyrrole nitrogens is 1. The summed E-state index contributed by atoms with van der Waals surface area (Å²) in [6.07, 6.45) is 4.39. The van der Waals surface area contributed by atoms with Crippen LogP contribution in [0.3, 0.4) is 0 Å². The van der Waals surface area contributed by atoms with Gasteiger partial charge in [-0.1, -0.05) is 19.1 Å². The third kappa shape index (κ3) is 5.24. The molecule has 4 heterocycles. The minimum Gasteiger partial charge on any atom is -0.383 e. The zero-order chi connectivity index (χ0) is 25.1. The lowest BCUT2D eigenvalue weighted by atomic mass is 10.1. The number of nitrogens with zero attached hydrogens (tertiary/aromatic N) is 4. The zero-order valence-electron chi connectivity index (χ0n) is 20.9. The molecule has 186 valence electrons. The molecular formula is C28H33N7O. The van der Waals surface area contributed by atoms with Crippen molar-refractivity contribution >= 4 is 28.1 Å². The topological polar surface area (TPSA) is 103 Å². The van der Waals surface area contributed by atoms with Crippen LogP contribution in [0.5, 0.6) is 0 Å². The highest BCUT2D eigenvalue weighted by molar-refractivity contribution is 5.95. The molecule has 4 aromatic rings. The molecule has 8 nitrogen and oxygen atoms in total. The number of piperazine rings is 1. The predicted molar refractivity (Wildman–Crippen MR) is 147 cm³/mol. The van der Waals surface area contributed by atoms with Crippen molar-refractivity contribution in [2.24, 2.45) is 0 Å². The van der Waals surface area contributed by atoms with Gasteiger partial charge in [-0.15, -0.1) is 0 Å². The lowest BCUT2D eigenvalue weighted by molar-refractivity contribution is 0.138. The first kappa shape index (κ1) is 24.0. The summed E-state index contributed by atoms with van der Waals surface area (Å²) in [5, 5.41) is 4.71. The van der Waals surface area contributed by atoms with E-state index in [1.165, 1.54) is 5.56 Å². The number of nitrogens with one attached hydrogen (secondary N) is 2. The molecule has 0 spiro atoms. The molecule has 0 radical (unpaired) electrons. The first-order valence-corrected chi connectivity index (χ1v) is 12.6. The molecule has 0 unspecified atom stereocenters. The van der Waals surface area contributed by atoms with Gasteiger partial charge in [-0.2, -0.15) is 0 Å². The Morgan fingerprint density at radius 2 is 1.81 bits per heavy atom. The molecule has 1 aliphatic heterocycles. The van der Waals surface area contributed by atoms with Gasteiger partial charge in [0.05, 0.1) is 11.1 Å². The summed E-state index contributed by atoms with van der Waals surface area (Å²) in [5.74, 6) is 1.01. The number of likely N-dealkylation sites (N-methyl/N-ethyl adjacent to an activating group) is 1. The molecule has 1 fully saturated rings. The van der Waals surface area contributed by atoms with Gasteiger partial charge in [0.25, 0.3) is 5.56 Å². The summed E-state index contributed by atoms with van der Waals surface area (Å²) in [7, 11) is 0. The number of nitrogen functional groups attached to an aromatic ring is 1. The summed E-state index contributed by atoms with van der Waals surface area (Å²) in [6, 6.07) is 14.2. The number of anilines is 3. The molecular weight excluding hydrogens is 450 g/mol. The number of benzene rings is 1. The average Bonchev–Trinajstić information content (AvgIpc) is 2.90. The van der Waals surface area contributed by atoms with Crippen molar-refractivity contribution in [1.82, 2.24) is 24.8 Å². The average molecular weight is 484 g/mol. The molecule has 0 bridgehead atoms. The maximum Gasteiger partial charge on any atom is 0.259 e. The van der Waals surface area contributed by atoms with E-state index in [2.05, 4.69) is 56.3 Å². The van der Waals surface area contributed by atoms with Crippen LogP contribution < -0.4 is 16.6 Å². The highest BCUT2D eigenvalue weighted by atomic mass is 16.1. The van der Waals surface area contributed by atoms with E-state index in [9.17, 15) is 4.79 Å². The molecule has 3 aromatic heterocycles. The Morgan fingerprint density at radius 3 is 2.53 bits per heavy atom. The van der Waals surface area contributed by atoms with Crippen LogP contribution in [0.4, 0.5) is 17.3 Å². The van der Waals surface area contributed by atoms with E-state index in [4.69, 9.17) is 10.7 Å². The highest BCUT2D eigenvalue weighted by Gasteiger charge is 2.15. The summed E-state index contributed by atoms with van der Waals surface area (Å²) in [5.41, 5.74) is 10.4. The molecule has 4 N–H and O–H groups in total. The summed E-state index contributed by atoms with van der Waals surface area (Å²) >= 11 is 0. The quantitative estimate of drug-likeness (QED) is 0.367. The fraction of sp³-hybridized carbons (Fsp3) is 0.321. The number of hydrogen-bond donors (Lipinski definition) is 3. The van der Waals surface area contributed by atoms with E-state index in [-0.39, 0.29) is 5.56 Å². The zero-order valence-corrected chi connectivity index (χ0v) is 20.9. The number of pyridine rings is 3. The van der Waals surface area contributed by atoms with Crippen LogP contribution in [0, 0.1) is 6.92 Å². The maximum atomic E-state index is 12.7. The Balaban J connectivity index is 1.36. The maximum absolute atomic E-state index is 12.7. The standard InChI is InChI=1S/C28H33N7O/c1-3-34-12-14-35(15-13-34)11-9-20-4-6-23(7-5-20)32-27-25-21(8-10-30-28(25)36)17-24(33-27)22-16-19(2)26(29)31-18-22/h4-8,10,16-18H,3,9,11-15H2,1-2H3,(H2,29,31)(H,30,36)(H,32,33). The highest BCUT2D eigenvalue weighted by Crippen LogP contribution is 2.28. The summed E-state index contributed by atoms with van der Waals surface area (Å²) < 4.78 is 0. The summed E-state index contributed by atoms with van der Waals surface area (Å²) in [6.45, 7) is 10.9. The molecule has 0 atom stereocenters. The van der Waals surface area contributed by atoms with Crippen molar-refractivity contribution in [3.05, 3.63) is 76.3 Å². The van der Waals surface area contributed by atoms with Gasteiger partial charge < -0.3 is 25.8 Å². The van der Waals surface area contributed by atoms with Gasteiger partial charge in [-0.25, -0.2) is 9.97 Å². The normalized spacial score (nSPS) is 14.8. The summed E-state index contributed by atoms with van der Waals surface area (Å²) in [4.78, 5) is 29.6. The molecule has 0 saturated carbocycles. The Bertz CT molecular complexity index is 1410. The second kappa shape index (κ2) is 10.5. The fourth-order valence-electron chi connectivity index (χ4n) is 4.69. The van der Waals surface area contributed by atoms with Crippen LogP contribution in [0.25, 0.3) is 22.0 Å². The van der Waals surface area contributed by atoms with Gasteiger partial charge in [-0.05, 0) is 66.7 Å². The van der Waals surface area contributed by atoms with Crippen LogP contribution in [-0.2, 0) is 6.42 Å². The van der Waals surface area contributed by atoms with E-state index < -0.39 is 0 Å². The number of fused-ring (bicyclic) bond motifs is 1. The van der Waals surface area contributed by atoms with E-state index in [1.54, 1.807) is 12.4 Å². The molecule has 0 aliphatic carbocycles. The largest absolute Gasteiger partial charge is 0.383 e. The number of nitrogens with two attached hydrogens (primary N) is 1. The van der Waals surface area contributed by atoms with E-state index in [0.717, 1.165) is 73.6 Å². The van der Waals surface area contributed by atoms with Crippen molar-refractivity contribution in [2.45, 2.75) is 20.3 Å². The van der Waals surface area contributed by atoms with Crippen LogP contribution in [0.2, 0.25) is 0 Å². The molecule has 1 aromatic carbocycles. The molecule has 8 heteroatoms. The molecule has 1 saturated heterocycles. The Labute approximate surface area is 211 Å². The van der Waals surface area contributed by atoms with Crippen LogP contribution in [-0.4, -0.2) is 64.0 Å². The molecule has 36 heavy (non-hydrogen) atoms. The Kier molecular flexibility index (Phi) is 6.97. The molecule has 1 aliphatic rings. The fourth-order valence-corrected chi connectivity index (χ4v) is 4.69. The van der Waals surface area contributed by atoms with Gasteiger partial charge in [0.1, 0.15) is 11.6 Å². The van der Waals surface area contributed by atoms with Gasteiger partial charge >= 0.3 is 0 Å². The van der Waals surface area contributed by atoms with Crippen LogP contribution >= 0.6 is 0 Å². The van der Waals surface area contributed by atoms with Crippen molar-refractivity contribution in [1.29, 1.82) is 0 Å². The first-order valence-electron chi connectivity index (χ1n) is 12.6. The van der Waals surface area contributed by atoms with E-state index in [0.29, 0.717) is 17.0 Å². The van der Waals surface area contributed by atoms with Crippen molar-refractivity contribution in [3.8, 4) is 11.3 Å². The number of aromatic nitrogens is 3. The minimum absolute atomic E-state index is 0.180. The monoisotopic (exact) mass is 483 g/mol. The third-order valence-corrected chi connectivity index (χ3v) is 7.01. The third-order valence-electron chi connectivity index (χ3n) is 7.01. The van der Waals surface area contributed by atoms with E-state index in [1.807, 2.05) is 25.1 Å². The first-order chi connectivity index (χ1) is 17.5. The predicted octanol–water partition coefficient (Wildman–Crippen LogP) is 3.80. The molecule has 0 amide bonds. The lowest BCUT2D eigenvalue weighted by Gasteiger charge is -2.34. The van der Waals surface area contributed by atoms with Crippen molar-refractivity contribution in [2.75, 3.05) is 50.3 Å². The van der Waals surface area contributed by atoms with Gasteiger partial charge in [0.15, 0.2) is 0 Å². The van der Waals surface area contributed by atoms with Gasteiger partial charge in [0.2, 0.25) is 0 Å². The van der Waals surface area contributed by atoms with Gasteiger partial charge in [0, 0.05) is 56.4 Å². The SMILES string of the molecule is CCN1CCN(CCc2ccc(Nc3nc(-c4cnc(N)c(C)c4)cc4cc[nH]c(=O)c34)cc2)CC1. The number of aromatic amines is 1. The number of hydrogen-bond acceptors (Lipinski definition) is 7. The minimum atomic E-state index is -0.180. The molecule has 5 rings (SSSR count). The van der Waals surface area contributed by atoms with Crippen LogP contribution in [0.15, 0.2) is 59.7 Å². The van der Waals surface area contributed by atoms with Gasteiger partial charge in [-0.3, -0.25) is 4.79 Å². The Morgan fingerprint density at radius 1 is 1.06 bits per heavy atom. The van der Waals surface area contributed by atoms with E-state index >= 15 is 0 Å². The van der Waals surface area contributed by atoms with Crippen molar-refractivity contribution in [3.63, 3.8) is 0 Å². The Hall–Kier alpha value is -3.75.